The molecule has 1 fully saturated rings. The van der Waals surface area contributed by atoms with Crippen LogP contribution in [0.4, 0.5) is 0 Å². The van der Waals surface area contributed by atoms with Crippen LogP contribution in [0.25, 0.3) is 0 Å². The number of hydrogen-bond acceptors (Lipinski definition) is 4. The fourth-order valence-corrected chi connectivity index (χ4v) is 4.38. The third-order valence-electron chi connectivity index (χ3n) is 4.55. The predicted octanol–water partition coefficient (Wildman–Crippen LogP) is 4.81. The van der Waals surface area contributed by atoms with E-state index in [1.807, 2.05) is 47.4 Å². The zero-order chi connectivity index (χ0) is 18.5. The summed E-state index contributed by atoms with van der Waals surface area (Å²) in [5, 5.41) is 0.683. The lowest BCUT2D eigenvalue weighted by atomic mass is 10.0. The van der Waals surface area contributed by atoms with Crippen LogP contribution in [-0.2, 0) is 4.79 Å². The van der Waals surface area contributed by atoms with Crippen LogP contribution in [0.2, 0.25) is 5.02 Å². The molecular weight excluding hydrogens is 370 g/mol. The van der Waals surface area contributed by atoms with Gasteiger partial charge in [0.25, 0.3) is 0 Å². The van der Waals surface area contributed by atoms with Crippen molar-refractivity contribution in [2.45, 2.75) is 23.8 Å². The van der Waals surface area contributed by atoms with E-state index in [4.69, 9.17) is 21.1 Å². The monoisotopic (exact) mass is 391 g/mol. The molecule has 6 heteroatoms. The first-order valence-electron chi connectivity index (χ1n) is 8.52. The Morgan fingerprint density at radius 3 is 2.69 bits per heavy atom. The van der Waals surface area contributed by atoms with Crippen LogP contribution in [0.3, 0.4) is 0 Å². The van der Waals surface area contributed by atoms with Crippen molar-refractivity contribution in [3.63, 3.8) is 0 Å². The molecule has 1 amide bonds. The minimum absolute atomic E-state index is 0.0779. The van der Waals surface area contributed by atoms with Gasteiger partial charge in [0.05, 0.1) is 31.0 Å². The lowest BCUT2D eigenvalue weighted by Crippen LogP contribution is -2.32. The number of halogens is 1. The molecule has 1 aliphatic heterocycles. The number of carbonyl (C=O) groups is 1. The van der Waals surface area contributed by atoms with Crippen molar-refractivity contribution in [2.75, 3.05) is 26.5 Å². The average molecular weight is 392 g/mol. The van der Waals surface area contributed by atoms with E-state index in [-0.39, 0.29) is 11.9 Å². The first-order chi connectivity index (χ1) is 12.6. The molecule has 2 aromatic rings. The molecule has 1 saturated heterocycles. The minimum Gasteiger partial charge on any atom is -0.493 e. The third-order valence-corrected chi connectivity index (χ3v) is 6.05. The van der Waals surface area contributed by atoms with E-state index in [2.05, 4.69) is 0 Å². The van der Waals surface area contributed by atoms with Gasteiger partial charge in [0.15, 0.2) is 11.5 Å². The number of amides is 1. The van der Waals surface area contributed by atoms with Crippen LogP contribution in [-0.4, -0.2) is 37.3 Å². The maximum atomic E-state index is 12.8. The number of rotatable bonds is 6. The Labute approximate surface area is 163 Å². The van der Waals surface area contributed by atoms with Crippen LogP contribution in [0.5, 0.6) is 11.5 Å². The molecule has 138 valence electrons. The Morgan fingerprint density at radius 2 is 1.96 bits per heavy atom. The highest BCUT2D eigenvalue weighted by atomic mass is 35.5. The Morgan fingerprint density at radius 1 is 1.19 bits per heavy atom. The molecule has 1 unspecified atom stereocenters. The summed E-state index contributed by atoms with van der Waals surface area (Å²) in [6, 6.07) is 13.6. The summed E-state index contributed by atoms with van der Waals surface area (Å²) in [5.74, 6) is 1.90. The molecule has 4 nitrogen and oxygen atoms in total. The molecule has 0 aromatic heterocycles. The van der Waals surface area contributed by atoms with Gasteiger partial charge in [0, 0.05) is 11.4 Å². The zero-order valence-corrected chi connectivity index (χ0v) is 16.5. The van der Waals surface area contributed by atoms with Crippen molar-refractivity contribution in [1.82, 2.24) is 4.90 Å². The molecule has 0 bridgehead atoms. The standard InChI is InChI=1S/C20H22ClNO3S/c1-24-17-10-9-14(12-18(17)25-2)16-7-5-11-22(16)20(23)13-26-19-8-4-3-6-15(19)21/h3-4,6,8-10,12,16H,5,7,11,13H2,1-2H3. The Kier molecular flexibility index (Phi) is 6.33. The van der Waals surface area contributed by atoms with E-state index in [1.54, 1.807) is 14.2 Å². The van der Waals surface area contributed by atoms with Gasteiger partial charge in [-0.15, -0.1) is 11.8 Å². The van der Waals surface area contributed by atoms with Crippen LogP contribution in [0.1, 0.15) is 24.4 Å². The Bertz CT molecular complexity index is 783. The van der Waals surface area contributed by atoms with Crippen LogP contribution in [0.15, 0.2) is 47.4 Å². The molecule has 1 heterocycles. The van der Waals surface area contributed by atoms with Gasteiger partial charge in [-0.05, 0) is 42.7 Å². The number of methoxy groups -OCH3 is 2. The molecule has 0 spiro atoms. The number of thioether (sulfide) groups is 1. The highest BCUT2D eigenvalue weighted by Crippen LogP contribution is 2.37. The maximum absolute atomic E-state index is 12.8. The van der Waals surface area contributed by atoms with Gasteiger partial charge in [0.2, 0.25) is 5.91 Å². The second-order valence-corrected chi connectivity index (χ2v) is 7.50. The fraction of sp³-hybridized carbons (Fsp3) is 0.350. The SMILES string of the molecule is COc1ccc(C2CCCN2C(=O)CSc2ccccc2Cl)cc1OC. The van der Waals surface area contributed by atoms with Gasteiger partial charge in [-0.25, -0.2) is 0 Å². The van der Waals surface area contributed by atoms with Gasteiger partial charge < -0.3 is 14.4 Å². The summed E-state index contributed by atoms with van der Waals surface area (Å²) >= 11 is 7.67. The minimum atomic E-state index is 0.0779. The van der Waals surface area contributed by atoms with Crippen LogP contribution >= 0.6 is 23.4 Å². The quantitative estimate of drug-likeness (QED) is 0.662. The molecule has 26 heavy (non-hydrogen) atoms. The number of benzene rings is 2. The summed E-state index contributed by atoms with van der Waals surface area (Å²) in [6.45, 7) is 0.779. The summed E-state index contributed by atoms with van der Waals surface area (Å²) < 4.78 is 10.7. The largest absolute Gasteiger partial charge is 0.493 e. The number of hydrogen-bond donors (Lipinski definition) is 0. The highest BCUT2D eigenvalue weighted by Gasteiger charge is 2.30. The molecular formula is C20H22ClNO3S. The van der Waals surface area contributed by atoms with Gasteiger partial charge in [-0.3, -0.25) is 4.79 Å². The van der Waals surface area contributed by atoms with Crippen LogP contribution in [0, 0.1) is 0 Å². The van der Waals surface area contributed by atoms with Crippen LogP contribution < -0.4 is 9.47 Å². The number of ether oxygens (including phenoxy) is 2. The van der Waals surface area contributed by atoms with Gasteiger partial charge >= 0.3 is 0 Å². The van der Waals surface area contributed by atoms with Crippen molar-refractivity contribution in [3.8, 4) is 11.5 Å². The molecule has 0 N–H and O–H groups in total. The van der Waals surface area contributed by atoms with Crippen molar-refractivity contribution in [3.05, 3.63) is 53.1 Å². The van der Waals surface area contributed by atoms with Crippen molar-refractivity contribution >= 4 is 29.3 Å². The van der Waals surface area contributed by atoms with Crippen molar-refractivity contribution in [1.29, 1.82) is 0 Å². The lowest BCUT2D eigenvalue weighted by Gasteiger charge is -2.25. The van der Waals surface area contributed by atoms with E-state index in [0.29, 0.717) is 22.3 Å². The summed E-state index contributed by atoms with van der Waals surface area (Å²) in [6.07, 6.45) is 1.96. The van der Waals surface area contributed by atoms with E-state index >= 15 is 0 Å². The second-order valence-electron chi connectivity index (χ2n) is 6.08. The lowest BCUT2D eigenvalue weighted by molar-refractivity contribution is -0.129. The van der Waals surface area contributed by atoms with E-state index in [1.165, 1.54) is 11.8 Å². The number of nitrogens with zero attached hydrogens (tertiary/aromatic N) is 1. The molecule has 0 saturated carbocycles. The summed E-state index contributed by atoms with van der Waals surface area (Å²) in [5.41, 5.74) is 1.08. The van der Waals surface area contributed by atoms with Gasteiger partial charge in [0.1, 0.15) is 0 Å². The third kappa shape index (κ3) is 4.10. The first kappa shape index (κ1) is 18.9. The topological polar surface area (TPSA) is 38.8 Å². The van der Waals surface area contributed by atoms with Gasteiger partial charge in [-0.1, -0.05) is 29.8 Å². The predicted molar refractivity (Wildman–Crippen MR) is 105 cm³/mol. The summed E-state index contributed by atoms with van der Waals surface area (Å²) in [7, 11) is 3.24. The molecule has 1 aliphatic rings. The first-order valence-corrected chi connectivity index (χ1v) is 9.89. The molecule has 0 radical (unpaired) electrons. The number of carbonyl (C=O) groups excluding carboxylic acids is 1. The average Bonchev–Trinajstić information content (AvgIpc) is 3.16. The van der Waals surface area contributed by atoms with E-state index < -0.39 is 0 Å². The second kappa shape index (κ2) is 8.69. The zero-order valence-electron chi connectivity index (χ0n) is 14.9. The summed E-state index contributed by atoms with van der Waals surface area (Å²) in [4.78, 5) is 15.7. The number of likely N-dealkylation sites (tertiary alicyclic amines) is 1. The molecule has 0 aliphatic carbocycles. The Balaban J connectivity index is 1.71. The Hall–Kier alpha value is -1.85. The van der Waals surface area contributed by atoms with Gasteiger partial charge in [-0.2, -0.15) is 0 Å². The van der Waals surface area contributed by atoms with Crippen molar-refractivity contribution in [2.24, 2.45) is 0 Å². The van der Waals surface area contributed by atoms with Crippen molar-refractivity contribution < 1.29 is 14.3 Å². The normalized spacial score (nSPS) is 16.6. The molecule has 3 rings (SSSR count). The van der Waals surface area contributed by atoms with E-state index in [0.717, 1.165) is 29.8 Å². The fourth-order valence-electron chi connectivity index (χ4n) is 3.26. The van der Waals surface area contributed by atoms with E-state index in [9.17, 15) is 4.79 Å². The molecule has 1 atom stereocenters. The maximum Gasteiger partial charge on any atom is 0.233 e. The highest BCUT2D eigenvalue weighted by molar-refractivity contribution is 8.00. The molecule has 2 aromatic carbocycles. The smallest absolute Gasteiger partial charge is 0.233 e.